The molecular weight excluding hydrogens is 361 g/mol. The summed E-state index contributed by atoms with van der Waals surface area (Å²) in [5, 5.41) is 3.19. The van der Waals surface area contributed by atoms with Gasteiger partial charge in [-0.15, -0.1) is 0 Å². The minimum atomic E-state index is -4.61. The maximum absolute atomic E-state index is 13.2. The number of morpholine rings is 1. The molecule has 0 atom stereocenters. The third kappa shape index (κ3) is 3.73. The highest BCUT2D eigenvalue weighted by Crippen LogP contribution is 2.35. The van der Waals surface area contributed by atoms with Gasteiger partial charge in [-0.05, 0) is 12.8 Å². The Hall–Kier alpha value is -1.94. The number of imidazole rings is 1. The molecule has 0 aromatic carbocycles. The summed E-state index contributed by atoms with van der Waals surface area (Å²) in [7, 11) is 0. The van der Waals surface area contributed by atoms with Crippen LogP contribution in [0.5, 0.6) is 0 Å². The third-order valence-corrected chi connectivity index (χ3v) is 5.59. The van der Waals surface area contributed by atoms with Crippen molar-refractivity contribution in [3.63, 3.8) is 0 Å². The van der Waals surface area contributed by atoms with E-state index in [9.17, 15) is 13.2 Å². The Morgan fingerprint density at radius 2 is 1.89 bits per heavy atom. The van der Waals surface area contributed by atoms with E-state index in [-0.39, 0.29) is 17.0 Å². The van der Waals surface area contributed by atoms with Crippen molar-refractivity contribution in [1.29, 1.82) is 0 Å². The fourth-order valence-corrected chi connectivity index (χ4v) is 4.19. The maximum atomic E-state index is 13.2. The Kier molecular flexibility index (Phi) is 4.94. The van der Waals surface area contributed by atoms with Crippen LogP contribution in [0.15, 0.2) is 6.33 Å². The fourth-order valence-electron chi connectivity index (χ4n) is 4.19. The molecule has 10 heteroatoms. The Balaban J connectivity index is 1.61. The molecule has 2 N–H and O–H groups in total. The molecule has 1 aliphatic carbocycles. The lowest BCUT2D eigenvalue weighted by atomic mass is 9.79. The first-order chi connectivity index (χ1) is 13.0. The molecule has 0 radical (unpaired) electrons. The summed E-state index contributed by atoms with van der Waals surface area (Å²) >= 11 is 0. The molecule has 148 valence electrons. The van der Waals surface area contributed by atoms with Crippen molar-refractivity contribution >= 4 is 17.0 Å². The van der Waals surface area contributed by atoms with Crippen molar-refractivity contribution < 1.29 is 17.9 Å². The van der Waals surface area contributed by atoms with E-state index in [1.54, 1.807) is 0 Å². The van der Waals surface area contributed by atoms with Gasteiger partial charge in [-0.3, -0.25) is 4.90 Å². The van der Waals surface area contributed by atoms with Crippen molar-refractivity contribution in [2.45, 2.75) is 43.8 Å². The van der Waals surface area contributed by atoms with Crippen LogP contribution in [0, 0.1) is 0 Å². The van der Waals surface area contributed by atoms with Gasteiger partial charge in [0.2, 0.25) is 5.82 Å². The summed E-state index contributed by atoms with van der Waals surface area (Å²) in [6.07, 6.45) is 2.20. The van der Waals surface area contributed by atoms with E-state index in [4.69, 9.17) is 4.74 Å². The van der Waals surface area contributed by atoms with Crippen molar-refractivity contribution in [2.24, 2.45) is 0 Å². The van der Waals surface area contributed by atoms with Crippen LogP contribution in [0.1, 0.15) is 37.9 Å². The third-order valence-electron chi connectivity index (χ3n) is 5.59. The topological polar surface area (TPSA) is 79.0 Å². The number of rotatable bonds is 4. The Bertz CT molecular complexity index is 781. The van der Waals surface area contributed by atoms with Gasteiger partial charge in [0.15, 0.2) is 11.5 Å². The standard InChI is InChI=1S/C17H23F3N6O/c18-17(19,20)15-24-13(12-14(25-15)23-11-22-12)21-10-16(4-2-1-3-5-16)26-6-8-27-9-7-26/h11H,1-10H2,(H2,21,22,23,24,25). The van der Waals surface area contributed by atoms with Gasteiger partial charge in [-0.2, -0.15) is 13.2 Å². The van der Waals surface area contributed by atoms with Gasteiger partial charge in [0.1, 0.15) is 5.52 Å². The Labute approximate surface area is 154 Å². The highest BCUT2D eigenvalue weighted by atomic mass is 19.4. The monoisotopic (exact) mass is 384 g/mol. The number of ether oxygens (including phenoxy) is 1. The van der Waals surface area contributed by atoms with E-state index < -0.39 is 12.0 Å². The number of H-pyrrole nitrogens is 1. The van der Waals surface area contributed by atoms with Gasteiger partial charge >= 0.3 is 6.18 Å². The minimum Gasteiger partial charge on any atom is -0.379 e. The first-order valence-corrected chi connectivity index (χ1v) is 9.33. The number of fused-ring (bicyclic) bond motifs is 1. The normalized spacial score (nSPS) is 21.4. The molecule has 0 bridgehead atoms. The molecular formula is C17H23F3N6O. The molecule has 1 saturated carbocycles. The van der Waals surface area contributed by atoms with Crippen LogP contribution >= 0.6 is 0 Å². The molecule has 0 unspecified atom stereocenters. The highest BCUT2D eigenvalue weighted by Gasteiger charge is 2.39. The zero-order chi connectivity index (χ0) is 18.9. The molecule has 2 aromatic rings. The molecule has 3 heterocycles. The first-order valence-electron chi connectivity index (χ1n) is 9.33. The van der Waals surface area contributed by atoms with Crippen LogP contribution in [0.3, 0.4) is 0 Å². The summed E-state index contributed by atoms with van der Waals surface area (Å²) in [4.78, 5) is 16.4. The van der Waals surface area contributed by atoms with Crippen LogP contribution in [-0.2, 0) is 10.9 Å². The number of hydrogen-bond acceptors (Lipinski definition) is 6. The zero-order valence-corrected chi connectivity index (χ0v) is 15.0. The lowest BCUT2D eigenvalue weighted by Crippen LogP contribution is -2.58. The van der Waals surface area contributed by atoms with Gasteiger partial charge in [0, 0.05) is 25.2 Å². The van der Waals surface area contributed by atoms with Crippen molar-refractivity contribution in [3.05, 3.63) is 12.2 Å². The van der Waals surface area contributed by atoms with E-state index in [0.717, 1.165) is 38.8 Å². The Morgan fingerprint density at radius 3 is 2.59 bits per heavy atom. The van der Waals surface area contributed by atoms with Gasteiger partial charge in [-0.1, -0.05) is 19.3 Å². The van der Waals surface area contributed by atoms with E-state index in [0.29, 0.717) is 25.3 Å². The second-order valence-corrected chi connectivity index (χ2v) is 7.23. The average Bonchev–Trinajstić information content (AvgIpc) is 3.16. The SMILES string of the molecule is FC(F)(F)c1nc(NCC2(N3CCOCC3)CCCCC2)c2[nH]cnc2n1. The number of aromatic amines is 1. The molecule has 2 fully saturated rings. The van der Waals surface area contributed by atoms with Crippen molar-refractivity contribution in [1.82, 2.24) is 24.8 Å². The van der Waals surface area contributed by atoms with Crippen LogP contribution in [-0.4, -0.2) is 63.2 Å². The summed E-state index contributed by atoms with van der Waals surface area (Å²) < 4.78 is 44.9. The maximum Gasteiger partial charge on any atom is 0.451 e. The number of halogens is 3. The number of alkyl halides is 3. The zero-order valence-electron chi connectivity index (χ0n) is 15.0. The minimum absolute atomic E-state index is 0.0175. The summed E-state index contributed by atoms with van der Waals surface area (Å²) in [5.41, 5.74) is 0.331. The second kappa shape index (κ2) is 7.23. The molecule has 1 saturated heterocycles. The van der Waals surface area contributed by atoms with Crippen LogP contribution in [0.25, 0.3) is 11.2 Å². The molecule has 1 aliphatic heterocycles. The average molecular weight is 384 g/mol. The lowest BCUT2D eigenvalue weighted by Gasteiger charge is -2.48. The van der Waals surface area contributed by atoms with Gasteiger partial charge in [0.05, 0.1) is 19.5 Å². The van der Waals surface area contributed by atoms with E-state index >= 15 is 0 Å². The predicted octanol–water partition coefficient (Wildman–Crippen LogP) is 2.82. The van der Waals surface area contributed by atoms with E-state index in [1.807, 2.05) is 0 Å². The van der Waals surface area contributed by atoms with Gasteiger partial charge in [-0.25, -0.2) is 15.0 Å². The number of hydrogen-bond donors (Lipinski definition) is 2. The van der Waals surface area contributed by atoms with Crippen molar-refractivity contribution in [2.75, 3.05) is 38.2 Å². The second-order valence-electron chi connectivity index (χ2n) is 7.23. The van der Waals surface area contributed by atoms with Crippen LogP contribution in [0.4, 0.5) is 19.0 Å². The highest BCUT2D eigenvalue weighted by molar-refractivity contribution is 5.82. The molecule has 27 heavy (non-hydrogen) atoms. The van der Waals surface area contributed by atoms with Crippen molar-refractivity contribution in [3.8, 4) is 0 Å². The Morgan fingerprint density at radius 1 is 1.15 bits per heavy atom. The number of nitrogens with zero attached hydrogens (tertiary/aromatic N) is 4. The van der Waals surface area contributed by atoms with Gasteiger partial charge in [0.25, 0.3) is 0 Å². The molecule has 4 rings (SSSR count). The smallest absolute Gasteiger partial charge is 0.379 e. The van der Waals surface area contributed by atoms with E-state index in [1.165, 1.54) is 12.7 Å². The fraction of sp³-hybridized carbons (Fsp3) is 0.706. The summed E-state index contributed by atoms with van der Waals surface area (Å²) in [6, 6.07) is 0. The number of anilines is 1. The number of aromatic nitrogens is 4. The lowest BCUT2D eigenvalue weighted by molar-refractivity contribution is -0.144. The van der Waals surface area contributed by atoms with E-state index in [2.05, 4.69) is 30.2 Å². The number of nitrogens with one attached hydrogen (secondary N) is 2. The largest absolute Gasteiger partial charge is 0.451 e. The molecule has 7 nitrogen and oxygen atoms in total. The predicted molar refractivity (Wildman–Crippen MR) is 93.4 cm³/mol. The molecule has 2 aliphatic rings. The molecule has 0 spiro atoms. The van der Waals surface area contributed by atoms with Crippen LogP contribution < -0.4 is 5.32 Å². The summed E-state index contributed by atoms with van der Waals surface area (Å²) in [6.45, 7) is 3.61. The first kappa shape index (κ1) is 18.4. The molecule has 0 amide bonds. The van der Waals surface area contributed by atoms with Gasteiger partial charge < -0.3 is 15.0 Å². The quantitative estimate of drug-likeness (QED) is 0.844. The van der Waals surface area contributed by atoms with Crippen LogP contribution in [0.2, 0.25) is 0 Å². The summed E-state index contributed by atoms with van der Waals surface area (Å²) in [5.74, 6) is -1.02. The molecule has 2 aromatic heterocycles.